The topological polar surface area (TPSA) is 38.7 Å². The molecule has 2 unspecified atom stereocenters. The minimum absolute atomic E-state index is 0.273. The van der Waals surface area contributed by atoms with Gasteiger partial charge in [-0.1, -0.05) is 128 Å². The van der Waals surface area contributed by atoms with Gasteiger partial charge in [0.2, 0.25) is 0 Å². The van der Waals surface area contributed by atoms with Crippen LogP contribution in [0.25, 0.3) is 60.9 Å². The van der Waals surface area contributed by atoms with E-state index in [9.17, 15) is 0 Å². The van der Waals surface area contributed by atoms with E-state index >= 15 is 0 Å². The Labute approximate surface area is 269 Å². The number of aromatic nitrogens is 3. The number of nitrogens with zero attached hydrogens (tertiary/aromatic N) is 3. The third kappa shape index (κ3) is 5.20. The first-order chi connectivity index (χ1) is 22.7. The Bertz CT molecular complexity index is 2250. The summed E-state index contributed by atoms with van der Waals surface area (Å²) in [6.45, 7) is 2.29. The molecule has 8 rings (SSSR count). The molecule has 0 spiro atoms. The Morgan fingerprint density at radius 3 is 2.13 bits per heavy atom. The number of benzene rings is 5. The minimum Gasteiger partial charge on any atom is -0.264 e. The zero-order valence-corrected chi connectivity index (χ0v) is 25.7. The highest BCUT2D eigenvalue weighted by molar-refractivity contribution is 6.09. The van der Waals surface area contributed by atoms with Crippen molar-refractivity contribution in [3.8, 4) is 33.8 Å². The van der Waals surface area contributed by atoms with E-state index in [4.69, 9.17) is 9.97 Å². The average Bonchev–Trinajstić information content (AvgIpc) is 3.15. The molecule has 0 N–H and O–H groups in total. The lowest BCUT2D eigenvalue weighted by atomic mass is 9.77. The monoisotopic (exact) mass is 591 g/mol. The Balaban J connectivity index is 1.23. The van der Waals surface area contributed by atoms with Gasteiger partial charge in [-0.2, -0.15) is 0 Å². The van der Waals surface area contributed by atoms with Crippen LogP contribution in [0, 0.1) is 5.92 Å². The predicted octanol–water partition coefficient (Wildman–Crippen LogP) is 10.9. The van der Waals surface area contributed by atoms with Crippen LogP contribution >= 0.6 is 0 Å². The van der Waals surface area contributed by atoms with E-state index in [2.05, 4.69) is 133 Å². The van der Waals surface area contributed by atoms with Gasteiger partial charge in [-0.25, -0.2) is 9.97 Å². The molecule has 220 valence electrons. The maximum absolute atomic E-state index is 5.15. The van der Waals surface area contributed by atoms with Crippen LogP contribution < -0.4 is 0 Å². The van der Waals surface area contributed by atoms with E-state index < -0.39 is 0 Å². The fourth-order valence-electron chi connectivity index (χ4n) is 6.83. The molecule has 2 atom stereocenters. The zero-order valence-electron chi connectivity index (χ0n) is 25.7. The predicted molar refractivity (Wildman–Crippen MR) is 191 cm³/mol. The SMILES string of the molecule is CCC1C=C(c2cc(-c3cccc(-c4cccnc4)c3)nc(-c3ccccc3)n2)C=CC1c1cc2ccccc2c2ccccc12. The van der Waals surface area contributed by atoms with Crippen LogP contribution in [0.2, 0.25) is 0 Å². The molecule has 5 aromatic carbocycles. The molecular formula is C43H33N3. The molecule has 0 saturated carbocycles. The van der Waals surface area contributed by atoms with Crippen molar-refractivity contribution in [3.05, 3.63) is 169 Å². The summed E-state index contributed by atoms with van der Waals surface area (Å²) in [5, 5.41) is 5.24. The zero-order chi connectivity index (χ0) is 30.9. The van der Waals surface area contributed by atoms with Crippen molar-refractivity contribution in [1.29, 1.82) is 0 Å². The fourth-order valence-corrected chi connectivity index (χ4v) is 6.83. The summed E-state index contributed by atoms with van der Waals surface area (Å²) in [5.41, 5.74) is 8.60. The van der Waals surface area contributed by atoms with Gasteiger partial charge in [-0.15, -0.1) is 0 Å². The Morgan fingerprint density at radius 2 is 1.30 bits per heavy atom. The Morgan fingerprint density at radius 1 is 0.587 bits per heavy atom. The lowest BCUT2D eigenvalue weighted by Gasteiger charge is -2.27. The number of pyridine rings is 1. The molecule has 2 heterocycles. The van der Waals surface area contributed by atoms with Gasteiger partial charge >= 0.3 is 0 Å². The summed E-state index contributed by atoms with van der Waals surface area (Å²) in [7, 11) is 0. The number of allylic oxidation sites excluding steroid dienone is 4. The van der Waals surface area contributed by atoms with Crippen molar-refractivity contribution in [1.82, 2.24) is 15.0 Å². The quantitative estimate of drug-likeness (QED) is 0.181. The van der Waals surface area contributed by atoms with Gasteiger partial charge in [0, 0.05) is 35.0 Å². The van der Waals surface area contributed by atoms with Crippen molar-refractivity contribution in [3.63, 3.8) is 0 Å². The van der Waals surface area contributed by atoms with Crippen LogP contribution in [0.1, 0.15) is 30.5 Å². The highest BCUT2D eigenvalue weighted by Gasteiger charge is 2.25. The fraction of sp³-hybridized carbons (Fsp3) is 0.0930. The molecule has 0 bridgehead atoms. The minimum atomic E-state index is 0.273. The van der Waals surface area contributed by atoms with Crippen molar-refractivity contribution in [2.24, 2.45) is 5.92 Å². The average molecular weight is 592 g/mol. The summed E-state index contributed by atoms with van der Waals surface area (Å²) in [6, 6.07) is 45.0. The van der Waals surface area contributed by atoms with Gasteiger partial charge in [0.25, 0.3) is 0 Å². The third-order valence-corrected chi connectivity index (χ3v) is 9.18. The number of hydrogen-bond acceptors (Lipinski definition) is 3. The first kappa shape index (κ1) is 27.8. The van der Waals surface area contributed by atoms with Gasteiger partial charge in [-0.05, 0) is 74.8 Å². The molecule has 7 aromatic rings. The van der Waals surface area contributed by atoms with Crippen molar-refractivity contribution < 1.29 is 0 Å². The van der Waals surface area contributed by atoms with Gasteiger partial charge < -0.3 is 0 Å². The lowest BCUT2D eigenvalue weighted by Crippen LogP contribution is -2.13. The van der Waals surface area contributed by atoms with Crippen LogP contribution in [0.15, 0.2) is 158 Å². The lowest BCUT2D eigenvalue weighted by molar-refractivity contribution is 0.564. The van der Waals surface area contributed by atoms with E-state index in [1.165, 1.54) is 27.1 Å². The van der Waals surface area contributed by atoms with Gasteiger partial charge in [0.1, 0.15) is 0 Å². The highest BCUT2D eigenvalue weighted by Crippen LogP contribution is 2.42. The van der Waals surface area contributed by atoms with Crippen LogP contribution in [0.3, 0.4) is 0 Å². The van der Waals surface area contributed by atoms with Crippen molar-refractivity contribution >= 4 is 27.1 Å². The first-order valence-corrected chi connectivity index (χ1v) is 16.0. The number of fused-ring (bicyclic) bond motifs is 3. The van der Waals surface area contributed by atoms with Crippen LogP contribution in [-0.2, 0) is 0 Å². The van der Waals surface area contributed by atoms with Gasteiger partial charge in [-0.3, -0.25) is 4.98 Å². The molecule has 1 aliphatic rings. The molecule has 2 aromatic heterocycles. The van der Waals surface area contributed by atoms with Gasteiger partial charge in [0.15, 0.2) is 5.82 Å². The van der Waals surface area contributed by atoms with Crippen molar-refractivity contribution in [2.45, 2.75) is 19.3 Å². The molecule has 0 aliphatic heterocycles. The normalized spacial score (nSPS) is 16.1. The summed E-state index contributed by atoms with van der Waals surface area (Å²) in [4.78, 5) is 14.6. The van der Waals surface area contributed by atoms with E-state index in [0.717, 1.165) is 51.5 Å². The second kappa shape index (κ2) is 12.0. The number of hydrogen-bond donors (Lipinski definition) is 0. The van der Waals surface area contributed by atoms with Crippen LogP contribution in [0.4, 0.5) is 0 Å². The second-order valence-corrected chi connectivity index (χ2v) is 12.0. The standard InChI is InChI=1S/C43H33N3/c1-2-29-24-34(21-22-37(29)40-26-32-14-6-7-18-36(32)38-19-8-9-20-39(38)40)42-27-41(45-43(46-42)30-12-4-3-5-13-30)33-16-10-15-31(25-33)35-17-11-23-44-28-35/h3-29,37H,2H2,1H3. The van der Waals surface area contributed by atoms with Crippen molar-refractivity contribution in [2.75, 3.05) is 0 Å². The first-order valence-electron chi connectivity index (χ1n) is 16.0. The Hall–Kier alpha value is -5.67. The summed E-state index contributed by atoms with van der Waals surface area (Å²) in [5.74, 6) is 1.33. The maximum Gasteiger partial charge on any atom is 0.160 e. The molecule has 3 heteroatoms. The molecular weight excluding hydrogens is 558 g/mol. The molecule has 46 heavy (non-hydrogen) atoms. The largest absolute Gasteiger partial charge is 0.264 e. The molecule has 3 nitrogen and oxygen atoms in total. The van der Waals surface area contributed by atoms with E-state index in [1.54, 1.807) is 6.20 Å². The van der Waals surface area contributed by atoms with E-state index in [-0.39, 0.29) is 5.92 Å². The van der Waals surface area contributed by atoms with E-state index in [1.807, 2.05) is 30.5 Å². The second-order valence-electron chi connectivity index (χ2n) is 12.0. The molecule has 0 saturated heterocycles. The summed E-state index contributed by atoms with van der Waals surface area (Å²) in [6.07, 6.45) is 11.8. The molecule has 0 radical (unpaired) electrons. The van der Waals surface area contributed by atoms with Crippen LogP contribution in [0.5, 0.6) is 0 Å². The Kier molecular flexibility index (Phi) is 7.28. The molecule has 0 fully saturated rings. The smallest absolute Gasteiger partial charge is 0.160 e. The third-order valence-electron chi connectivity index (χ3n) is 9.18. The summed E-state index contributed by atoms with van der Waals surface area (Å²) >= 11 is 0. The molecule has 1 aliphatic carbocycles. The molecule has 0 amide bonds. The summed E-state index contributed by atoms with van der Waals surface area (Å²) < 4.78 is 0. The van der Waals surface area contributed by atoms with E-state index in [0.29, 0.717) is 5.92 Å². The van der Waals surface area contributed by atoms with Gasteiger partial charge in [0.05, 0.1) is 11.4 Å². The number of rotatable bonds is 6. The van der Waals surface area contributed by atoms with Crippen LogP contribution in [-0.4, -0.2) is 15.0 Å². The maximum atomic E-state index is 5.15. The highest BCUT2D eigenvalue weighted by atomic mass is 14.9.